The van der Waals surface area contributed by atoms with E-state index in [0.717, 1.165) is 25.9 Å². The molecule has 7 heteroatoms. The Kier molecular flexibility index (Phi) is 3.70. The first-order valence-electron chi connectivity index (χ1n) is 5.96. The summed E-state index contributed by atoms with van der Waals surface area (Å²) in [6.45, 7) is 2.34. The van der Waals surface area contributed by atoms with Crippen LogP contribution in [0.25, 0.3) is 0 Å². The van der Waals surface area contributed by atoms with Crippen LogP contribution in [0.5, 0.6) is 0 Å². The summed E-state index contributed by atoms with van der Waals surface area (Å²) in [4.78, 5) is 13.7. The van der Waals surface area contributed by atoms with Crippen molar-refractivity contribution in [1.29, 1.82) is 0 Å². The van der Waals surface area contributed by atoms with Gasteiger partial charge in [-0.3, -0.25) is 4.79 Å². The lowest BCUT2D eigenvalue weighted by Gasteiger charge is -2.31. The van der Waals surface area contributed by atoms with Crippen molar-refractivity contribution in [2.75, 3.05) is 25.4 Å². The summed E-state index contributed by atoms with van der Waals surface area (Å²) < 4.78 is 22.0. The lowest BCUT2D eigenvalue weighted by atomic mass is 10.1. The van der Waals surface area contributed by atoms with Crippen LogP contribution in [0.3, 0.4) is 0 Å². The van der Waals surface area contributed by atoms with Crippen molar-refractivity contribution < 1.29 is 13.2 Å². The zero-order chi connectivity index (χ0) is 12.5. The van der Waals surface area contributed by atoms with Crippen molar-refractivity contribution in [3.8, 4) is 0 Å². The Labute approximate surface area is 102 Å². The minimum absolute atomic E-state index is 0.0624. The standard InChI is InChI=1S/C10H19N3O3S/c11-17(15,16)7-8-4-10(14)13(6-8)9-2-1-3-12-5-9/h8-9,12H,1-7H2,(H2,11,15,16). The van der Waals surface area contributed by atoms with Crippen LogP contribution >= 0.6 is 0 Å². The van der Waals surface area contributed by atoms with E-state index in [0.29, 0.717) is 13.0 Å². The SMILES string of the molecule is NS(=O)(=O)CC1CC(=O)N(C2CCCNC2)C1. The molecule has 6 nitrogen and oxygen atoms in total. The average molecular weight is 261 g/mol. The van der Waals surface area contributed by atoms with Gasteiger partial charge in [-0.05, 0) is 19.4 Å². The van der Waals surface area contributed by atoms with E-state index < -0.39 is 10.0 Å². The second kappa shape index (κ2) is 4.91. The summed E-state index contributed by atoms with van der Waals surface area (Å²) in [5.74, 6) is -0.165. The summed E-state index contributed by atoms with van der Waals surface area (Å²) >= 11 is 0. The zero-order valence-electron chi connectivity index (χ0n) is 9.76. The van der Waals surface area contributed by atoms with Crippen LogP contribution in [0.2, 0.25) is 0 Å². The van der Waals surface area contributed by atoms with Gasteiger partial charge in [-0.15, -0.1) is 0 Å². The van der Waals surface area contributed by atoms with E-state index in [2.05, 4.69) is 5.32 Å². The molecule has 2 atom stereocenters. The fourth-order valence-corrected chi connectivity index (χ4v) is 3.58. The molecule has 17 heavy (non-hydrogen) atoms. The molecule has 0 spiro atoms. The summed E-state index contributed by atoms with van der Waals surface area (Å²) in [5, 5.41) is 8.27. The smallest absolute Gasteiger partial charge is 0.223 e. The highest BCUT2D eigenvalue weighted by Crippen LogP contribution is 2.23. The van der Waals surface area contributed by atoms with Gasteiger partial charge in [-0.1, -0.05) is 0 Å². The number of nitrogens with zero attached hydrogens (tertiary/aromatic N) is 1. The molecule has 0 bridgehead atoms. The molecule has 0 aliphatic carbocycles. The lowest BCUT2D eigenvalue weighted by Crippen LogP contribution is -2.46. The van der Waals surface area contributed by atoms with Gasteiger partial charge in [0.05, 0.1) is 5.75 Å². The van der Waals surface area contributed by atoms with Gasteiger partial charge >= 0.3 is 0 Å². The van der Waals surface area contributed by atoms with E-state index in [1.54, 1.807) is 0 Å². The van der Waals surface area contributed by atoms with Gasteiger partial charge in [0, 0.05) is 31.5 Å². The van der Waals surface area contributed by atoms with Crippen molar-refractivity contribution in [2.24, 2.45) is 11.1 Å². The average Bonchev–Trinajstić information content (AvgIpc) is 2.58. The number of carbonyl (C=O) groups excluding carboxylic acids is 1. The molecule has 2 unspecified atom stereocenters. The number of likely N-dealkylation sites (tertiary alicyclic amines) is 1. The second-order valence-corrected chi connectivity index (χ2v) is 6.61. The van der Waals surface area contributed by atoms with Crippen molar-refractivity contribution in [2.45, 2.75) is 25.3 Å². The number of primary sulfonamides is 1. The third-order valence-electron chi connectivity index (χ3n) is 3.42. The summed E-state index contributed by atoms with van der Waals surface area (Å²) in [6, 6.07) is 0.224. The van der Waals surface area contributed by atoms with Crippen LogP contribution < -0.4 is 10.5 Å². The molecule has 98 valence electrons. The molecule has 2 saturated heterocycles. The first-order valence-corrected chi connectivity index (χ1v) is 7.68. The van der Waals surface area contributed by atoms with Crippen molar-refractivity contribution in [3.63, 3.8) is 0 Å². The molecule has 1 amide bonds. The lowest BCUT2D eigenvalue weighted by molar-refractivity contribution is -0.130. The highest BCUT2D eigenvalue weighted by atomic mass is 32.2. The van der Waals surface area contributed by atoms with E-state index >= 15 is 0 Å². The maximum atomic E-state index is 11.8. The van der Waals surface area contributed by atoms with Crippen molar-refractivity contribution in [3.05, 3.63) is 0 Å². The Bertz CT molecular complexity index is 390. The molecule has 2 rings (SSSR count). The monoisotopic (exact) mass is 261 g/mol. The highest BCUT2D eigenvalue weighted by Gasteiger charge is 2.36. The summed E-state index contributed by atoms with van der Waals surface area (Å²) in [7, 11) is -3.48. The molecular formula is C10H19N3O3S. The van der Waals surface area contributed by atoms with Crippen LogP contribution in [0, 0.1) is 5.92 Å². The van der Waals surface area contributed by atoms with Crippen LogP contribution in [-0.4, -0.2) is 50.7 Å². The number of piperidine rings is 1. The normalized spacial score (nSPS) is 30.9. The van der Waals surface area contributed by atoms with E-state index in [-0.39, 0.29) is 23.6 Å². The molecule has 3 N–H and O–H groups in total. The van der Waals surface area contributed by atoms with Crippen LogP contribution in [0.1, 0.15) is 19.3 Å². The topological polar surface area (TPSA) is 92.5 Å². The number of hydrogen-bond donors (Lipinski definition) is 2. The minimum atomic E-state index is -3.48. The van der Waals surface area contributed by atoms with E-state index in [1.165, 1.54) is 0 Å². The van der Waals surface area contributed by atoms with Gasteiger partial charge in [0.1, 0.15) is 0 Å². The molecule has 2 aliphatic rings. The van der Waals surface area contributed by atoms with E-state index in [4.69, 9.17) is 5.14 Å². The number of amides is 1. The third-order valence-corrected chi connectivity index (χ3v) is 4.35. The molecule has 2 fully saturated rings. The molecular weight excluding hydrogens is 242 g/mol. The Balaban J connectivity index is 1.95. The van der Waals surface area contributed by atoms with Crippen LogP contribution in [0.15, 0.2) is 0 Å². The van der Waals surface area contributed by atoms with Crippen molar-refractivity contribution >= 4 is 15.9 Å². The molecule has 0 aromatic rings. The predicted octanol–water partition coefficient (Wildman–Crippen LogP) is -1.12. The fraction of sp³-hybridized carbons (Fsp3) is 0.900. The number of hydrogen-bond acceptors (Lipinski definition) is 4. The largest absolute Gasteiger partial charge is 0.338 e. The molecule has 0 radical (unpaired) electrons. The number of nitrogens with one attached hydrogen (secondary N) is 1. The minimum Gasteiger partial charge on any atom is -0.338 e. The Morgan fingerprint density at radius 1 is 1.47 bits per heavy atom. The fourth-order valence-electron chi connectivity index (χ4n) is 2.70. The van der Waals surface area contributed by atoms with Gasteiger partial charge < -0.3 is 10.2 Å². The molecule has 0 saturated carbocycles. The number of sulfonamides is 1. The van der Waals surface area contributed by atoms with Gasteiger partial charge in [-0.25, -0.2) is 13.6 Å². The van der Waals surface area contributed by atoms with Gasteiger partial charge in [0.2, 0.25) is 15.9 Å². The number of carbonyl (C=O) groups is 1. The van der Waals surface area contributed by atoms with E-state index in [9.17, 15) is 13.2 Å². The predicted molar refractivity (Wildman–Crippen MR) is 63.7 cm³/mol. The maximum Gasteiger partial charge on any atom is 0.223 e. The number of rotatable bonds is 3. The molecule has 2 aliphatic heterocycles. The number of nitrogens with two attached hydrogens (primary N) is 1. The molecule has 2 heterocycles. The van der Waals surface area contributed by atoms with Gasteiger partial charge in [-0.2, -0.15) is 0 Å². The Hall–Kier alpha value is -0.660. The Morgan fingerprint density at radius 2 is 2.24 bits per heavy atom. The summed E-state index contributed by atoms with van der Waals surface area (Å²) in [6.07, 6.45) is 2.38. The summed E-state index contributed by atoms with van der Waals surface area (Å²) in [5.41, 5.74) is 0. The second-order valence-electron chi connectivity index (χ2n) is 4.95. The first-order chi connectivity index (χ1) is 7.96. The van der Waals surface area contributed by atoms with Gasteiger partial charge in [0.25, 0.3) is 0 Å². The molecule has 0 aromatic heterocycles. The van der Waals surface area contributed by atoms with E-state index in [1.807, 2.05) is 4.90 Å². The highest BCUT2D eigenvalue weighted by molar-refractivity contribution is 7.89. The third kappa shape index (κ3) is 3.40. The van der Waals surface area contributed by atoms with Crippen molar-refractivity contribution in [1.82, 2.24) is 10.2 Å². The molecule has 0 aromatic carbocycles. The van der Waals surface area contributed by atoms with Gasteiger partial charge in [0.15, 0.2) is 0 Å². The zero-order valence-corrected chi connectivity index (χ0v) is 10.6. The maximum absolute atomic E-state index is 11.8. The Morgan fingerprint density at radius 3 is 2.82 bits per heavy atom. The first kappa shape index (κ1) is 12.8. The quantitative estimate of drug-likeness (QED) is 0.673. The van der Waals surface area contributed by atoms with Crippen LogP contribution in [0.4, 0.5) is 0 Å². The van der Waals surface area contributed by atoms with Crippen LogP contribution in [-0.2, 0) is 14.8 Å².